The van der Waals surface area contributed by atoms with Gasteiger partial charge in [-0.2, -0.15) is 0 Å². The van der Waals surface area contributed by atoms with Gasteiger partial charge in [0.25, 0.3) is 0 Å². The van der Waals surface area contributed by atoms with Crippen LogP contribution in [0.2, 0.25) is 5.15 Å². The highest BCUT2D eigenvalue weighted by atomic mass is 79.9. The van der Waals surface area contributed by atoms with E-state index in [9.17, 15) is 4.79 Å². The SMILES string of the molecule is CCCCc1nc(Cl)c(/C=C/C(=O)c2cccc(Br)n2)n1C. The molecule has 0 spiro atoms. The summed E-state index contributed by atoms with van der Waals surface area (Å²) in [5, 5.41) is 0.417. The first kappa shape index (κ1) is 16.9. The zero-order chi connectivity index (χ0) is 16.1. The van der Waals surface area contributed by atoms with E-state index in [1.54, 1.807) is 24.3 Å². The summed E-state index contributed by atoms with van der Waals surface area (Å²) in [6, 6.07) is 5.23. The van der Waals surface area contributed by atoms with Gasteiger partial charge in [-0.3, -0.25) is 4.79 Å². The van der Waals surface area contributed by atoms with Crippen LogP contribution in [0, 0.1) is 0 Å². The van der Waals surface area contributed by atoms with E-state index < -0.39 is 0 Å². The number of carbonyl (C=O) groups excluding carboxylic acids is 1. The van der Waals surface area contributed by atoms with Gasteiger partial charge in [0, 0.05) is 13.5 Å². The molecule has 0 aliphatic carbocycles. The monoisotopic (exact) mass is 381 g/mol. The standard InChI is InChI=1S/C16H17BrClN3O/c1-3-4-8-15-20-16(18)12(21(15)2)9-10-13(22)11-6-5-7-14(17)19-11/h5-7,9-10H,3-4,8H2,1-2H3/b10-9+. The van der Waals surface area contributed by atoms with Gasteiger partial charge in [-0.15, -0.1) is 0 Å². The van der Waals surface area contributed by atoms with Gasteiger partial charge in [-0.05, 0) is 46.6 Å². The molecule has 0 radical (unpaired) electrons. The third-order valence-electron chi connectivity index (χ3n) is 3.30. The second kappa shape index (κ2) is 7.70. The molecule has 0 aliphatic heterocycles. The molecular weight excluding hydrogens is 366 g/mol. The molecule has 6 heteroatoms. The van der Waals surface area contributed by atoms with Crippen molar-refractivity contribution in [3.8, 4) is 0 Å². The molecule has 0 aliphatic rings. The van der Waals surface area contributed by atoms with Gasteiger partial charge >= 0.3 is 0 Å². The molecule has 2 aromatic rings. The Kier molecular flexibility index (Phi) is 5.91. The molecule has 0 unspecified atom stereocenters. The van der Waals surface area contributed by atoms with E-state index in [1.165, 1.54) is 6.08 Å². The van der Waals surface area contributed by atoms with E-state index in [-0.39, 0.29) is 5.78 Å². The van der Waals surface area contributed by atoms with Crippen molar-refractivity contribution < 1.29 is 4.79 Å². The van der Waals surface area contributed by atoms with Crippen LogP contribution in [0.25, 0.3) is 6.08 Å². The Morgan fingerprint density at radius 2 is 2.18 bits per heavy atom. The predicted octanol–water partition coefficient (Wildman–Crippen LogP) is 4.47. The predicted molar refractivity (Wildman–Crippen MR) is 92.1 cm³/mol. The van der Waals surface area contributed by atoms with Crippen LogP contribution in [-0.4, -0.2) is 20.3 Å². The number of aromatic nitrogens is 3. The lowest BCUT2D eigenvalue weighted by molar-refractivity contribution is 0.104. The molecule has 0 amide bonds. The van der Waals surface area contributed by atoms with Crippen LogP contribution < -0.4 is 0 Å². The molecule has 0 atom stereocenters. The lowest BCUT2D eigenvalue weighted by Crippen LogP contribution is -2.01. The van der Waals surface area contributed by atoms with Crippen molar-refractivity contribution in [2.75, 3.05) is 0 Å². The highest BCUT2D eigenvalue weighted by Gasteiger charge is 2.11. The Balaban J connectivity index is 2.19. The van der Waals surface area contributed by atoms with Crippen molar-refractivity contribution in [1.29, 1.82) is 0 Å². The number of allylic oxidation sites excluding steroid dienone is 1. The molecule has 0 bridgehead atoms. The number of hydrogen-bond donors (Lipinski definition) is 0. The lowest BCUT2D eigenvalue weighted by atomic mass is 10.2. The van der Waals surface area contributed by atoms with Crippen LogP contribution in [0.5, 0.6) is 0 Å². The van der Waals surface area contributed by atoms with Gasteiger partial charge in [0.1, 0.15) is 16.1 Å². The maximum atomic E-state index is 12.1. The number of nitrogens with zero attached hydrogens (tertiary/aromatic N) is 3. The Labute approximate surface area is 143 Å². The molecule has 2 rings (SSSR count). The number of ketones is 1. The zero-order valence-corrected chi connectivity index (χ0v) is 14.9. The van der Waals surface area contributed by atoms with Crippen LogP contribution in [0.4, 0.5) is 0 Å². The van der Waals surface area contributed by atoms with E-state index >= 15 is 0 Å². The Bertz CT molecular complexity index is 709. The Morgan fingerprint density at radius 1 is 1.41 bits per heavy atom. The first-order valence-electron chi connectivity index (χ1n) is 7.09. The van der Waals surface area contributed by atoms with Gasteiger partial charge in [-0.1, -0.05) is 31.0 Å². The summed E-state index contributed by atoms with van der Waals surface area (Å²) in [6.07, 6.45) is 6.20. The van der Waals surface area contributed by atoms with Crippen molar-refractivity contribution in [2.45, 2.75) is 26.2 Å². The highest BCUT2D eigenvalue weighted by Crippen LogP contribution is 2.19. The summed E-state index contributed by atoms with van der Waals surface area (Å²) in [5.74, 6) is 0.758. The number of aryl methyl sites for hydroxylation is 1. The smallest absolute Gasteiger partial charge is 0.204 e. The second-order valence-corrected chi connectivity index (χ2v) is 6.08. The van der Waals surface area contributed by atoms with Crippen molar-refractivity contribution in [2.24, 2.45) is 7.05 Å². The first-order valence-corrected chi connectivity index (χ1v) is 8.26. The van der Waals surface area contributed by atoms with Crippen LogP contribution in [0.15, 0.2) is 28.9 Å². The minimum atomic E-state index is -0.173. The quantitative estimate of drug-likeness (QED) is 0.421. The lowest BCUT2D eigenvalue weighted by Gasteiger charge is -2.02. The molecule has 116 valence electrons. The third-order valence-corrected chi connectivity index (χ3v) is 4.02. The molecule has 0 saturated carbocycles. The van der Waals surface area contributed by atoms with Gasteiger partial charge < -0.3 is 4.57 Å². The molecular formula is C16H17BrClN3O. The number of carbonyl (C=O) groups is 1. The average Bonchev–Trinajstić information content (AvgIpc) is 2.77. The van der Waals surface area contributed by atoms with E-state index in [1.807, 2.05) is 11.6 Å². The number of rotatable bonds is 6. The maximum absolute atomic E-state index is 12.1. The van der Waals surface area contributed by atoms with Crippen LogP contribution >= 0.6 is 27.5 Å². The van der Waals surface area contributed by atoms with Crippen molar-refractivity contribution in [3.63, 3.8) is 0 Å². The molecule has 22 heavy (non-hydrogen) atoms. The summed E-state index contributed by atoms with van der Waals surface area (Å²) in [6.45, 7) is 2.13. The third kappa shape index (κ3) is 4.05. The molecule has 0 fully saturated rings. The van der Waals surface area contributed by atoms with Gasteiger partial charge in [0.15, 0.2) is 5.15 Å². The van der Waals surface area contributed by atoms with E-state index in [4.69, 9.17) is 11.6 Å². The number of imidazole rings is 1. The number of pyridine rings is 1. The average molecular weight is 383 g/mol. The fourth-order valence-corrected chi connectivity index (χ4v) is 2.68. The topological polar surface area (TPSA) is 47.8 Å². The zero-order valence-electron chi connectivity index (χ0n) is 12.5. The maximum Gasteiger partial charge on any atom is 0.204 e. The van der Waals surface area contributed by atoms with Gasteiger partial charge in [0.2, 0.25) is 5.78 Å². The molecule has 4 nitrogen and oxygen atoms in total. The minimum absolute atomic E-state index is 0.173. The fourth-order valence-electron chi connectivity index (χ4n) is 2.05. The number of unbranched alkanes of at least 4 members (excludes halogenated alkanes) is 1. The summed E-state index contributed by atoms with van der Waals surface area (Å²) in [5.41, 5.74) is 1.12. The van der Waals surface area contributed by atoms with E-state index in [2.05, 4.69) is 32.8 Å². The molecule has 0 saturated heterocycles. The molecule has 0 aromatic carbocycles. The van der Waals surface area contributed by atoms with Gasteiger partial charge in [-0.25, -0.2) is 9.97 Å². The van der Waals surface area contributed by atoms with E-state index in [0.29, 0.717) is 15.5 Å². The van der Waals surface area contributed by atoms with Crippen molar-refractivity contribution in [1.82, 2.24) is 14.5 Å². The summed E-state index contributed by atoms with van der Waals surface area (Å²) in [4.78, 5) is 20.6. The summed E-state index contributed by atoms with van der Waals surface area (Å²) in [7, 11) is 1.91. The van der Waals surface area contributed by atoms with Crippen LogP contribution in [0.1, 0.15) is 41.8 Å². The summed E-state index contributed by atoms with van der Waals surface area (Å²) >= 11 is 9.42. The fraction of sp³-hybridized carbons (Fsp3) is 0.312. The number of hydrogen-bond acceptors (Lipinski definition) is 3. The minimum Gasteiger partial charge on any atom is -0.330 e. The first-order chi connectivity index (χ1) is 10.5. The number of halogens is 2. The van der Waals surface area contributed by atoms with Gasteiger partial charge in [0.05, 0.1) is 5.69 Å². The Hall–Kier alpha value is -1.46. The normalized spacial score (nSPS) is 11.3. The van der Waals surface area contributed by atoms with Crippen molar-refractivity contribution in [3.05, 3.63) is 51.2 Å². The highest BCUT2D eigenvalue weighted by molar-refractivity contribution is 9.10. The van der Waals surface area contributed by atoms with E-state index in [0.717, 1.165) is 30.8 Å². The van der Waals surface area contributed by atoms with Crippen LogP contribution in [-0.2, 0) is 13.5 Å². The van der Waals surface area contributed by atoms with Crippen LogP contribution in [0.3, 0.4) is 0 Å². The largest absolute Gasteiger partial charge is 0.330 e. The van der Waals surface area contributed by atoms with Crippen molar-refractivity contribution >= 4 is 39.4 Å². The molecule has 2 heterocycles. The second-order valence-electron chi connectivity index (χ2n) is 4.91. The molecule has 0 N–H and O–H groups in total. The summed E-state index contributed by atoms with van der Waals surface area (Å²) < 4.78 is 2.56. The Morgan fingerprint density at radius 3 is 2.86 bits per heavy atom. The molecule has 2 aromatic heterocycles.